The van der Waals surface area contributed by atoms with Crippen molar-refractivity contribution in [2.45, 2.75) is 19.8 Å². The third-order valence-corrected chi connectivity index (χ3v) is 3.01. The minimum absolute atomic E-state index is 0.0167. The Balaban J connectivity index is 2.13. The van der Waals surface area contributed by atoms with E-state index in [-0.39, 0.29) is 11.7 Å². The highest BCUT2D eigenvalue weighted by Crippen LogP contribution is 2.10. The fourth-order valence-electron chi connectivity index (χ4n) is 1.87. The topological polar surface area (TPSA) is 50.4 Å². The second kappa shape index (κ2) is 9.44. The zero-order valence-electron chi connectivity index (χ0n) is 12.2. The molecule has 0 heterocycles. The van der Waals surface area contributed by atoms with Gasteiger partial charge in [0.2, 0.25) is 5.91 Å². The molecule has 0 aliphatic heterocycles. The van der Waals surface area contributed by atoms with Gasteiger partial charge in [-0.25, -0.2) is 4.39 Å². The molecule has 0 bridgehead atoms. The molecule has 0 aliphatic carbocycles. The molecule has 0 unspecified atom stereocenters. The molecule has 5 heteroatoms. The Hall–Kier alpha value is -1.46. The quantitative estimate of drug-likeness (QED) is 0.674. The highest BCUT2D eigenvalue weighted by Gasteiger charge is 2.02. The lowest BCUT2D eigenvalue weighted by molar-refractivity contribution is -0.120. The van der Waals surface area contributed by atoms with E-state index in [4.69, 9.17) is 4.74 Å². The van der Waals surface area contributed by atoms with Crippen molar-refractivity contribution in [2.24, 2.45) is 0 Å². The average Bonchev–Trinajstić information content (AvgIpc) is 2.41. The number of carbonyl (C=O) groups is 1. The van der Waals surface area contributed by atoms with Gasteiger partial charge in [0.25, 0.3) is 0 Å². The maximum atomic E-state index is 12.9. The van der Waals surface area contributed by atoms with Crippen molar-refractivity contribution < 1.29 is 13.9 Å². The number of benzene rings is 1. The molecule has 2 N–H and O–H groups in total. The van der Waals surface area contributed by atoms with Crippen molar-refractivity contribution in [3.05, 3.63) is 35.1 Å². The van der Waals surface area contributed by atoms with Crippen molar-refractivity contribution in [1.82, 2.24) is 10.6 Å². The summed E-state index contributed by atoms with van der Waals surface area (Å²) in [6, 6.07) is 4.78. The third kappa shape index (κ3) is 6.63. The molecule has 0 saturated carbocycles. The van der Waals surface area contributed by atoms with Crippen LogP contribution in [0.25, 0.3) is 0 Å². The Kier molecular flexibility index (Phi) is 7.84. The predicted octanol–water partition coefficient (Wildman–Crippen LogP) is 1.42. The Morgan fingerprint density at radius 2 is 2.15 bits per heavy atom. The van der Waals surface area contributed by atoms with Crippen LogP contribution in [0, 0.1) is 12.7 Å². The zero-order chi connectivity index (χ0) is 14.8. The first-order chi connectivity index (χ1) is 9.63. The van der Waals surface area contributed by atoms with Crippen LogP contribution < -0.4 is 10.6 Å². The molecular weight excluding hydrogens is 259 g/mol. The summed E-state index contributed by atoms with van der Waals surface area (Å²) in [5.74, 6) is -0.230. The van der Waals surface area contributed by atoms with Crippen LogP contribution in [0.15, 0.2) is 18.2 Å². The van der Waals surface area contributed by atoms with E-state index in [1.165, 1.54) is 12.1 Å². The van der Waals surface area contributed by atoms with Gasteiger partial charge in [-0.05, 0) is 49.6 Å². The molecule has 0 fully saturated rings. The number of hydrogen-bond acceptors (Lipinski definition) is 3. The molecule has 1 aromatic rings. The van der Waals surface area contributed by atoms with Crippen molar-refractivity contribution in [1.29, 1.82) is 0 Å². The molecule has 20 heavy (non-hydrogen) atoms. The molecule has 0 spiro atoms. The number of carbonyl (C=O) groups excluding carboxylic acids is 1. The summed E-state index contributed by atoms with van der Waals surface area (Å²) in [6.07, 6.45) is 1.60. The maximum absolute atomic E-state index is 12.9. The number of amides is 1. The summed E-state index contributed by atoms with van der Waals surface area (Å²) >= 11 is 0. The van der Waals surface area contributed by atoms with Gasteiger partial charge in [0.15, 0.2) is 0 Å². The van der Waals surface area contributed by atoms with E-state index in [2.05, 4.69) is 10.6 Å². The monoisotopic (exact) mass is 282 g/mol. The Labute approximate surface area is 119 Å². The van der Waals surface area contributed by atoms with Crippen LogP contribution in [0.4, 0.5) is 4.39 Å². The molecule has 1 aromatic carbocycles. The second-order valence-electron chi connectivity index (χ2n) is 4.69. The number of ether oxygens (including phenoxy) is 1. The van der Waals surface area contributed by atoms with Gasteiger partial charge in [0.1, 0.15) is 5.82 Å². The summed E-state index contributed by atoms with van der Waals surface area (Å²) in [7, 11) is 1.64. The standard InChI is InChI=1S/C15H23FN2O2/c1-12-10-14(16)5-4-13(12)6-8-17-11-15(19)18-7-3-9-20-2/h4-5,10,17H,3,6-9,11H2,1-2H3,(H,18,19). The Morgan fingerprint density at radius 1 is 1.35 bits per heavy atom. The van der Waals surface area contributed by atoms with Crippen LogP contribution in [0.2, 0.25) is 0 Å². The van der Waals surface area contributed by atoms with Crippen LogP contribution in [-0.4, -0.2) is 39.3 Å². The summed E-state index contributed by atoms with van der Waals surface area (Å²) < 4.78 is 17.8. The van der Waals surface area contributed by atoms with E-state index >= 15 is 0 Å². The smallest absolute Gasteiger partial charge is 0.233 e. The minimum atomic E-state index is -0.213. The SMILES string of the molecule is COCCCNC(=O)CNCCc1ccc(F)cc1C. The predicted molar refractivity (Wildman–Crippen MR) is 77.2 cm³/mol. The number of hydrogen-bond donors (Lipinski definition) is 2. The lowest BCUT2D eigenvalue weighted by Crippen LogP contribution is -2.35. The summed E-state index contributed by atoms with van der Waals surface area (Å²) in [4.78, 5) is 11.5. The first-order valence-corrected chi connectivity index (χ1v) is 6.85. The van der Waals surface area contributed by atoms with Crippen molar-refractivity contribution in [3.63, 3.8) is 0 Å². The van der Waals surface area contributed by atoms with Crippen LogP contribution >= 0.6 is 0 Å². The molecule has 112 valence electrons. The van der Waals surface area contributed by atoms with E-state index in [0.717, 1.165) is 24.0 Å². The first-order valence-electron chi connectivity index (χ1n) is 6.85. The van der Waals surface area contributed by atoms with E-state index in [1.807, 2.05) is 6.92 Å². The van der Waals surface area contributed by atoms with E-state index in [9.17, 15) is 9.18 Å². The number of halogens is 1. The largest absolute Gasteiger partial charge is 0.385 e. The second-order valence-corrected chi connectivity index (χ2v) is 4.69. The zero-order valence-corrected chi connectivity index (χ0v) is 12.2. The van der Waals surface area contributed by atoms with Gasteiger partial charge in [0, 0.05) is 20.3 Å². The summed E-state index contributed by atoms with van der Waals surface area (Å²) in [5, 5.41) is 5.88. The van der Waals surface area contributed by atoms with Gasteiger partial charge < -0.3 is 15.4 Å². The number of aryl methyl sites for hydroxylation is 1. The van der Waals surface area contributed by atoms with Crippen LogP contribution in [0.5, 0.6) is 0 Å². The van der Waals surface area contributed by atoms with Crippen LogP contribution in [0.1, 0.15) is 17.5 Å². The Morgan fingerprint density at radius 3 is 2.85 bits per heavy atom. The molecule has 1 rings (SSSR count). The van der Waals surface area contributed by atoms with E-state index in [1.54, 1.807) is 13.2 Å². The lowest BCUT2D eigenvalue weighted by Gasteiger charge is -2.08. The first kappa shape index (κ1) is 16.6. The van der Waals surface area contributed by atoms with Gasteiger partial charge in [-0.3, -0.25) is 4.79 Å². The number of methoxy groups -OCH3 is 1. The van der Waals surface area contributed by atoms with Crippen molar-refractivity contribution in [3.8, 4) is 0 Å². The fourth-order valence-corrected chi connectivity index (χ4v) is 1.87. The fraction of sp³-hybridized carbons (Fsp3) is 0.533. The number of rotatable bonds is 9. The highest BCUT2D eigenvalue weighted by molar-refractivity contribution is 5.77. The lowest BCUT2D eigenvalue weighted by atomic mass is 10.1. The van der Waals surface area contributed by atoms with Gasteiger partial charge in [-0.1, -0.05) is 6.07 Å². The maximum Gasteiger partial charge on any atom is 0.233 e. The highest BCUT2D eigenvalue weighted by atomic mass is 19.1. The molecule has 1 amide bonds. The van der Waals surface area contributed by atoms with Crippen LogP contribution in [0.3, 0.4) is 0 Å². The van der Waals surface area contributed by atoms with Crippen LogP contribution in [-0.2, 0) is 16.0 Å². The van der Waals surface area contributed by atoms with Crippen molar-refractivity contribution in [2.75, 3.05) is 33.4 Å². The summed E-state index contributed by atoms with van der Waals surface area (Å²) in [5.41, 5.74) is 2.04. The van der Waals surface area contributed by atoms with E-state index < -0.39 is 0 Å². The molecule has 0 atom stereocenters. The minimum Gasteiger partial charge on any atom is -0.385 e. The molecule has 0 aromatic heterocycles. The third-order valence-electron chi connectivity index (χ3n) is 3.01. The van der Waals surface area contributed by atoms with Gasteiger partial charge in [-0.15, -0.1) is 0 Å². The molecular formula is C15H23FN2O2. The van der Waals surface area contributed by atoms with Gasteiger partial charge in [0.05, 0.1) is 6.54 Å². The van der Waals surface area contributed by atoms with E-state index in [0.29, 0.717) is 26.2 Å². The normalized spacial score (nSPS) is 10.6. The molecule has 0 aliphatic rings. The van der Waals surface area contributed by atoms with Crippen molar-refractivity contribution >= 4 is 5.91 Å². The molecule has 4 nitrogen and oxygen atoms in total. The van der Waals surface area contributed by atoms with Gasteiger partial charge in [-0.2, -0.15) is 0 Å². The Bertz CT molecular complexity index is 424. The number of nitrogens with one attached hydrogen (secondary N) is 2. The van der Waals surface area contributed by atoms with Gasteiger partial charge >= 0.3 is 0 Å². The average molecular weight is 282 g/mol. The molecule has 0 radical (unpaired) electrons. The summed E-state index contributed by atoms with van der Waals surface area (Å²) in [6.45, 7) is 4.16. The molecule has 0 saturated heterocycles.